The zero-order chi connectivity index (χ0) is 14.5. The Morgan fingerprint density at radius 1 is 0.905 bits per heavy atom. The largest absolute Gasteiger partial charge is 0.497 e. The smallest absolute Gasteiger partial charge is 0.118 e. The number of hydrogen-bond donors (Lipinski definition) is 0. The minimum atomic E-state index is 0.903. The minimum Gasteiger partial charge on any atom is -0.497 e. The van der Waals surface area contributed by atoms with Crippen molar-refractivity contribution >= 4 is 11.8 Å². The van der Waals surface area contributed by atoms with Gasteiger partial charge in [0, 0.05) is 16.3 Å². The summed E-state index contributed by atoms with van der Waals surface area (Å²) in [4.78, 5) is 5.06. The highest BCUT2D eigenvalue weighted by atomic mass is 32.2. The molecule has 2 nitrogen and oxygen atoms in total. The number of hydrogen-bond acceptors (Lipinski definition) is 3. The molecule has 0 spiro atoms. The first kappa shape index (κ1) is 14.5. The Labute approximate surface area is 131 Å². The molecule has 1 aliphatic rings. The van der Waals surface area contributed by atoms with Crippen LogP contribution in [0.5, 0.6) is 5.75 Å². The molecule has 0 saturated carbocycles. The molecule has 3 rings (SSSR count). The van der Waals surface area contributed by atoms with Crippen LogP contribution in [0.3, 0.4) is 0 Å². The molecule has 0 N–H and O–H groups in total. The number of rotatable bonds is 5. The van der Waals surface area contributed by atoms with Gasteiger partial charge >= 0.3 is 0 Å². The van der Waals surface area contributed by atoms with Gasteiger partial charge in [0.1, 0.15) is 5.75 Å². The molecule has 0 unspecified atom stereocenters. The highest BCUT2D eigenvalue weighted by Crippen LogP contribution is 2.29. The van der Waals surface area contributed by atoms with E-state index in [0.29, 0.717) is 0 Å². The summed E-state index contributed by atoms with van der Waals surface area (Å²) >= 11 is 1.79. The van der Waals surface area contributed by atoms with E-state index in [1.54, 1.807) is 18.9 Å². The van der Waals surface area contributed by atoms with Crippen LogP contribution in [0.25, 0.3) is 0 Å². The second kappa shape index (κ2) is 7.01. The van der Waals surface area contributed by atoms with Gasteiger partial charge in [0.05, 0.1) is 7.11 Å². The normalized spacial score (nSPS) is 15.3. The molecule has 0 amide bonds. The van der Waals surface area contributed by atoms with Crippen molar-refractivity contribution in [3.8, 4) is 5.75 Å². The Bertz CT molecular complexity index is 559. The lowest BCUT2D eigenvalue weighted by Gasteiger charge is -2.14. The van der Waals surface area contributed by atoms with Gasteiger partial charge in [-0.15, -0.1) is 0 Å². The van der Waals surface area contributed by atoms with Gasteiger partial charge in [0.25, 0.3) is 0 Å². The third-order valence-electron chi connectivity index (χ3n) is 3.82. The van der Waals surface area contributed by atoms with Gasteiger partial charge in [0.15, 0.2) is 0 Å². The fourth-order valence-electron chi connectivity index (χ4n) is 2.64. The Kier molecular flexibility index (Phi) is 4.84. The van der Waals surface area contributed by atoms with Crippen LogP contribution in [-0.4, -0.2) is 25.1 Å². The van der Waals surface area contributed by atoms with E-state index in [1.807, 2.05) is 12.1 Å². The molecule has 0 bridgehead atoms. The average molecular weight is 299 g/mol. The molecule has 1 aliphatic heterocycles. The van der Waals surface area contributed by atoms with E-state index in [1.165, 1.54) is 41.3 Å². The van der Waals surface area contributed by atoms with Crippen LogP contribution in [0.15, 0.2) is 58.3 Å². The molecule has 2 aromatic rings. The summed E-state index contributed by atoms with van der Waals surface area (Å²) in [7, 11) is 1.70. The fraction of sp³-hybridized carbons (Fsp3) is 0.333. The molecule has 110 valence electrons. The van der Waals surface area contributed by atoms with E-state index >= 15 is 0 Å². The molecule has 2 aromatic carbocycles. The number of nitrogens with zero attached hydrogens (tertiary/aromatic N) is 1. The average Bonchev–Trinajstić information content (AvgIpc) is 3.03. The fourth-order valence-corrected chi connectivity index (χ4v) is 3.46. The van der Waals surface area contributed by atoms with E-state index < -0.39 is 0 Å². The van der Waals surface area contributed by atoms with Crippen molar-refractivity contribution in [3.05, 3.63) is 54.1 Å². The third-order valence-corrected chi connectivity index (χ3v) is 4.84. The zero-order valence-corrected chi connectivity index (χ0v) is 13.2. The van der Waals surface area contributed by atoms with Gasteiger partial charge in [-0.1, -0.05) is 23.9 Å². The SMILES string of the molecule is COc1ccc(Sc2ccc(CN3CCCC3)cc2)cc1. The van der Waals surface area contributed by atoms with Crippen LogP contribution in [0.4, 0.5) is 0 Å². The summed E-state index contributed by atoms with van der Waals surface area (Å²) in [6.07, 6.45) is 2.71. The minimum absolute atomic E-state index is 0.903. The van der Waals surface area contributed by atoms with E-state index in [9.17, 15) is 0 Å². The topological polar surface area (TPSA) is 12.5 Å². The van der Waals surface area contributed by atoms with Crippen molar-refractivity contribution in [3.63, 3.8) is 0 Å². The van der Waals surface area contributed by atoms with Gasteiger partial charge in [-0.25, -0.2) is 0 Å². The Balaban J connectivity index is 1.60. The van der Waals surface area contributed by atoms with E-state index in [4.69, 9.17) is 4.74 Å². The first-order chi connectivity index (χ1) is 10.3. The summed E-state index contributed by atoms with van der Waals surface area (Å²) in [5.74, 6) is 0.903. The number of benzene rings is 2. The standard InChI is InChI=1S/C18H21NOS/c1-20-16-6-10-18(11-7-16)21-17-8-4-15(5-9-17)14-19-12-2-3-13-19/h4-11H,2-3,12-14H2,1H3. The molecular weight excluding hydrogens is 278 g/mol. The van der Waals surface area contributed by atoms with E-state index in [-0.39, 0.29) is 0 Å². The maximum absolute atomic E-state index is 5.18. The van der Waals surface area contributed by atoms with Crippen LogP contribution in [0.2, 0.25) is 0 Å². The predicted molar refractivity (Wildman–Crippen MR) is 88.1 cm³/mol. The first-order valence-corrected chi connectivity index (χ1v) is 8.28. The Morgan fingerprint density at radius 3 is 2.05 bits per heavy atom. The second-order valence-corrected chi connectivity index (χ2v) is 6.55. The Morgan fingerprint density at radius 2 is 1.48 bits per heavy atom. The maximum Gasteiger partial charge on any atom is 0.118 e. The summed E-state index contributed by atoms with van der Waals surface area (Å²) in [6, 6.07) is 17.2. The van der Waals surface area contributed by atoms with Crippen LogP contribution in [0.1, 0.15) is 18.4 Å². The maximum atomic E-state index is 5.18. The van der Waals surface area contributed by atoms with Gasteiger partial charge in [0.2, 0.25) is 0 Å². The molecule has 0 aromatic heterocycles. The predicted octanol–water partition coefficient (Wildman–Crippen LogP) is 4.44. The van der Waals surface area contributed by atoms with Crippen LogP contribution in [-0.2, 0) is 6.54 Å². The summed E-state index contributed by atoms with van der Waals surface area (Å²) in [6.45, 7) is 3.60. The van der Waals surface area contributed by atoms with Crippen molar-refractivity contribution in [1.82, 2.24) is 4.90 Å². The quantitative estimate of drug-likeness (QED) is 0.809. The lowest BCUT2D eigenvalue weighted by atomic mass is 10.2. The van der Waals surface area contributed by atoms with E-state index in [2.05, 4.69) is 41.3 Å². The highest BCUT2D eigenvalue weighted by molar-refractivity contribution is 7.99. The van der Waals surface area contributed by atoms with Crippen LogP contribution < -0.4 is 4.74 Å². The molecule has 0 aliphatic carbocycles. The summed E-state index contributed by atoms with van der Waals surface area (Å²) in [5, 5.41) is 0. The molecule has 3 heteroatoms. The van der Waals surface area contributed by atoms with Gasteiger partial charge < -0.3 is 4.74 Å². The zero-order valence-electron chi connectivity index (χ0n) is 12.4. The monoisotopic (exact) mass is 299 g/mol. The van der Waals surface area contributed by atoms with Crippen molar-refractivity contribution < 1.29 is 4.74 Å². The van der Waals surface area contributed by atoms with Crippen molar-refractivity contribution in [2.75, 3.05) is 20.2 Å². The third kappa shape index (κ3) is 4.02. The Hall–Kier alpha value is -1.45. The van der Waals surface area contributed by atoms with Gasteiger partial charge in [-0.05, 0) is 67.9 Å². The molecule has 1 saturated heterocycles. The summed E-state index contributed by atoms with van der Waals surface area (Å²) in [5.41, 5.74) is 1.41. The van der Waals surface area contributed by atoms with Crippen molar-refractivity contribution in [2.24, 2.45) is 0 Å². The van der Waals surface area contributed by atoms with Crippen LogP contribution >= 0.6 is 11.8 Å². The van der Waals surface area contributed by atoms with Gasteiger partial charge in [-0.2, -0.15) is 0 Å². The molecule has 21 heavy (non-hydrogen) atoms. The van der Waals surface area contributed by atoms with Crippen molar-refractivity contribution in [2.45, 2.75) is 29.2 Å². The molecule has 1 fully saturated rings. The first-order valence-electron chi connectivity index (χ1n) is 7.47. The van der Waals surface area contributed by atoms with Gasteiger partial charge in [-0.3, -0.25) is 4.90 Å². The number of methoxy groups -OCH3 is 1. The number of ether oxygens (including phenoxy) is 1. The van der Waals surface area contributed by atoms with Crippen molar-refractivity contribution in [1.29, 1.82) is 0 Å². The second-order valence-electron chi connectivity index (χ2n) is 5.40. The summed E-state index contributed by atoms with van der Waals surface area (Å²) < 4.78 is 5.18. The van der Waals surface area contributed by atoms with Crippen LogP contribution in [0, 0.1) is 0 Å². The lowest BCUT2D eigenvalue weighted by Crippen LogP contribution is -2.18. The lowest BCUT2D eigenvalue weighted by molar-refractivity contribution is 0.331. The highest BCUT2D eigenvalue weighted by Gasteiger charge is 2.11. The van der Waals surface area contributed by atoms with E-state index in [0.717, 1.165) is 12.3 Å². The molecule has 0 atom stereocenters. The molecular formula is C18H21NOS. The molecule has 1 heterocycles. The number of likely N-dealkylation sites (tertiary alicyclic amines) is 1. The molecule has 0 radical (unpaired) electrons.